The summed E-state index contributed by atoms with van der Waals surface area (Å²) in [6.45, 7) is 5.32. The first-order chi connectivity index (χ1) is 16.1. The van der Waals surface area contributed by atoms with Crippen LogP contribution < -0.4 is 14.8 Å². The molecule has 4 aromatic rings. The first-order valence-corrected chi connectivity index (χ1v) is 11.9. The Morgan fingerprint density at radius 3 is 2.52 bits per heavy atom. The molecule has 0 aliphatic heterocycles. The lowest BCUT2D eigenvalue weighted by molar-refractivity contribution is 0.0886. The Labute approximate surface area is 196 Å². The molecule has 0 aliphatic carbocycles. The SMILES string of the molecule is CCOc1ccc(CC(F)NC(=O)c2cc3sccc3n2Cc2ccccc2)cc1OCC. The van der Waals surface area contributed by atoms with Crippen LogP contribution in [-0.4, -0.2) is 30.0 Å². The van der Waals surface area contributed by atoms with E-state index in [2.05, 4.69) is 5.32 Å². The van der Waals surface area contributed by atoms with Gasteiger partial charge in [0.25, 0.3) is 5.91 Å². The number of hydrogen-bond acceptors (Lipinski definition) is 4. The summed E-state index contributed by atoms with van der Waals surface area (Å²) < 4.78 is 29.0. The maximum absolute atomic E-state index is 14.9. The number of aromatic nitrogens is 1. The molecule has 2 heterocycles. The number of nitrogens with one attached hydrogen (secondary N) is 1. The largest absolute Gasteiger partial charge is 0.490 e. The van der Waals surface area contributed by atoms with E-state index in [-0.39, 0.29) is 6.42 Å². The number of hydrogen-bond donors (Lipinski definition) is 1. The molecule has 1 amide bonds. The van der Waals surface area contributed by atoms with Crippen LogP contribution in [0.5, 0.6) is 11.5 Å². The van der Waals surface area contributed by atoms with Gasteiger partial charge in [-0.1, -0.05) is 36.4 Å². The normalized spacial score (nSPS) is 12.0. The number of ether oxygens (including phenoxy) is 2. The molecule has 0 saturated heterocycles. The first-order valence-electron chi connectivity index (χ1n) is 11.0. The Morgan fingerprint density at radius 1 is 1.00 bits per heavy atom. The Morgan fingerprint density at radius 2 is 1.76 bits per heavy atom. The van der Waals surface area contributed by atoms with Gasteiger partial charge in [0, 0.05) is 13.0 Å². The van der Waals surface area contributed by atoms with E-state index in [4.69, 9.17) is 9.47 Å². The number of benzene rings is 2. The summed E-state index contributed by atoms with van der Waals surface area (Å²) in [6, 6.07) is 19.1. The van der Waals surface area contributed by atoms with Crippen molar-refractivity contribution in [2.75, 3.05) is 13.2 Å². The summed E-state index contributed by atoms with van der Waals surface area (Å²) in [5.74, 6) is 0.770. The third kappa shape index (κ3) is 5.37. The predicted molar refractivity (Wildman–Crippen MR) is 130 cm³/mol. The lowest BCUT2D eigenvalue weighted by atomic mass is 10.1. The number of alkyl halides is 1. The Kier molecular flexibility index (Phi) is 7.29. The van der Waals surface area contributed by atoms with Gasteiger partial charge in [-0.05, 0) is 54.6 Å². The molecule has 0 radical (unpaired) electrons. The van der Waals surface area contributed by atoms with Gasteiger partial charge in [0.1, 0.15) is 5.69 Å². The van der Waals surface area contributed by atoms with Crippen molar-refractivity contribution in [3.63, 3.8) is 0 Å². The lowest BCUT2D eigenvalue weighted by Gasteiger charge is -2.15. The zero-order chi connectivity index (χ0) is 23.2. The number of fused-ring (bicyclic) bond motifs is 1. The fraction of sp³-hybridized carbons (Fsp3) is 0.269. The highest BCUT2D eigenvalue weighted by atomic mass is 32.1. The van der Waals surface area contributed by atoms with E-state index in [1.54, 1.807) is 29.5 Å². The molecule has 1 N–H and O–H groups in total. The average Bonchev–Trinajstić information content (AvgIpc) is 3.39. The van der Waals surface area contributed by atoms with Crippen LogP contribution in [0.2, 0.25) is 0 Å². The molecule has 2 aromatic heterocycles. The molecule has 1 unspecified atom stereocenters. The summed E-state index contributed by atoms with van der Waals surface area (Å²) in [5.41, 5.74) is 3.21. The van der Waals surface area contributed by atoms with E-state index >= 15 is 0 Å². The summed E-state index contributed by atoms with van der Waals surface area (Å²) in [4.78, 5) is 13.0. The van der Waals surface area contributed by atoms with E-state index in [9.17, 15) is 9.18 Å². The number of rotatable bonds is 10. The van der Waals surface area contributed by atoms with Gasteiger partial charge in [-0.2, -0.15) is 0 Å². The van der Waals surface area contributed by atoms with Crippen LogP contribution in [0.3, 0.4) is 0 Å². The first kappa shape index (κ1) is 22.9. The molecular formula is C26H27FN2O3S. The second-order valence-electron chi connectivity index (χ2n) is 7.56. The van der Waals surface area contributed by atoms with Crippen molar-refractivity contribution in [1.29, 1.82) is 0 Å². The highest BCUT2D eigenvalue weighted by Gasteiger charge is 2.20. The summed E-state index contributed by atoms with van der Waals surface area (Å²) in [5, 5.41) is 4.51. The van der Waals surface area contributed by atoms with Crippen molar-refractivity contribution in [2.24, 2.45) is 0 Å². The molecule has 0 aliphatic rings. The number of carbonyl (C=O) groups is 1. The highest BCUT2D eigenvalue weighted by molar-refractivity contribution is 7.17. The van der Waals surface area contributed by atoms with Gasteiger partial charge in [0.15, 0.2) is 17.8 Å². The van der Waals surface area contributed by atoms with Gasteiger partial charge in [0.05, 0.1) is 23.4 Å². The minimum Gasteiger partial charge on any atom is -0.490 e. The maximum Gasteiger partial charge on any atom is 0.270 e. The molecular weight excluding hydrogens is 439 g/mol. The monoisotopic (exact) mass is 466 g/mol. The minimum absolute atomic E-state index is 0.0337. The van der Waals surface area contributed by atoms with Crippen molar-refractivity contribution in [1.82, 2.24) is 9.88 Å². The third-order valence-electron chi connectivity index (χ3n) is 5.25. The number of thiophene rings is 1. The van der Waals surface area contributed by atoms with Crippen LogP contribution in [0.4, 0.5) is 4.39 Å². The fourth-order valence-corrected chi connectivity index (χ4v) is 4.62. The number of halogens is 1. The Bertz CT molecular complexity index is 1220. The van der Waals surface area contributed by atoms with Gasteiger partial charge in [-0.3, -0.25) is 4.79 Å². The second-order valence-corrected chi connectivity index (χ2v) is 8.51. The van der Waals surface area contributed by atoms with E-state index < -0.39 is 12.2 Å². The predicted octanol–water partition coefficient (Wildman–Crippen LogP) is 5.82. The van der Waals surface area contributed by atoms with Crippen molar-refractivity contribution in [2.45, 2.75) is 33.1 Å². The van der Waals surface area contributed by atoms with Crippen LogP contribution in [-0.2, 0) is 13.0 Å². The smallest absolute Gasteiger partial charge is 0.270 e. The zero-order valence-corrected chi connectivity index (χ0v) is 19.5. The quantitative estimate of drug-likeness (QED) is 0.300. The summed E-state index contributed by atoms with van der Waals surface area (Å²) in [7, 11) is 0. The van der Waals surface area contributed by atoms with E-state index in [1.807, 2.05) is 66.3 Å². The number of carbonyl (C=O) groups excluding carboxylic acids is 1. The lowest BCUT2D eigenvalue weighted by Crippen LogP contribution is -2.34. The van der Waals surface area contributed by atoms with Gasteiger partial charge in [-0.25, -0.2) is 4.39 Å². The molecule has 172 valence electrons. The van der Waals surface area contributed by atoms with E-state index in [0.29, 0.717) is 37.0 Å². The standard InChI is InChI=1S/C26H27FN2O3S/c1-3-31-22-11-10-19(14-23(22)32-4-2)15-25(27)28-26(30)21-16-24-20(12-13-33-24)29(21)17-18-8-6-5-7-9-18/h5-14,16,25H,3-4,15,17H2,1-2H3,(H,28,30). The minimum atomic E-state index is -1.54. The maximum atomic E-state index is 14.9. The fourth-order valence-electron chi connectivity index (χ4n) is 3.80. The van der Waals surface area contributed by atoms with E-state index in [1.165, 1.54) is 0 Å². The summed E-state index contributed by atoms with van der Waals surface area (Å²) >= 11 is 1.56. The molecule has 33 heavy (non-hydrogen) atoms. The van der Waals surface area contributed by atoms with Crippen LogP contribution >= 0.6 is 11.3 Å². The third-order valence-corrected chi connectivity index (χ3v) is 6.10. The average molecular weight is 467 g/mol. The van der Waals surface area contributed by atoms with Gasteiger partial charge in [-0.15, -0.1) is 11.3 Å². The molecule has 5 nitrogen and oxygen atoms in total. The highest BCUT2D eigenvalue weighted by Crippen LogP contribution is 2.29. The van der Waals surface area contributed by atoms with E-state index in [0.717, 1.165) is 21.3 Å². The van der Waals surface area contributed by atoms with Crippen LogP contribution in [0, 0.1) is 0 Å². The molecule has 0 spiro atoms. The molecule has 4 rings (SSSR count). The van der Waals surface area contributed by atoms with Crippen LogP contribution in [0.25, 0.3) is 10.2 Å². The van der Waals surface area contributed by atoms with Crippen LogP contribution in [0.15, 0.2) is 66.0 Å². The van der Waals surface area contributed by atoms with Crippen molar-refractivity contribution in [3.8, 4) is 11.5 Å². The van der Waals surface area contributed by atoms with Crippen LogP contribution in [0.1, 0.15) is 35.5 Å². The molecule has 1 atom stereocenters. The zero-order valence-electron chi connectivity index (χ0n) is 18.7. The summed E-state index contributed by atoms with van der Waals surface area (Å²) in [6.07, 6.45) is -1.51. The van der Waals surface area contributed by atoms with Crippen molar-refractivity contribution >= 4 is 27.5 Å². The molecule has 0 fully saturated rings. The molecule has 7 heteroatoms. The van der Waals surface area contributed by atoms with Crippen molar-refractivity contribution in [3.05, 3.63) is 82.9 Å². The topological polar surface area (TPSA) is 52.5 Å². The molecule has 2 aromatic carbocycles. The number of amides is 1. The van der Waals surface area contributed by atoms with Crippen molar-refractivity contribution < 1.29 is 18.7 Å². The van der Waals surface area contributed by atoms with Gasteiger partial charge >= 0.3 is 0 Å². The molecule has 0 saturated carbocycles. The van der Waals surface area contributed by atoms with Gasteiger partial charge < -0.3 is 19.4 Å². The second kappa shape index (κ2) is 10.5. The number of nitrogens with zero attached hydrogens (tertiary/aromatic N) is 1. The Balaban J connectivity index is 1.50. The molecule has 0 bridgehead atoms. The van der Waals surface area contributed by atoms with Gasteiger partial charge in [0.2, 0.25) is 0 Å². The Hall–Kier alpha value is -3.32.